The minimum absolute atomic E-state index is 0.521. The second-order valence-corrected chi connectivity index (χ2v) is 5.47. The molecule has 0 aromatic heterocycles. The van der Waals surface area contributed by atoms with Gasteiger partial charge in [-0.25, -0.2) is 0 Å². The maximum absolute atomic E-state index is 9.61. The van der Waals surface area contributed by atoms with Crippen molar-refractivity contribution < 1.29 is 14.6 Å². The molecule has 4 heteroatoms. The molecule has 2 aromatic rings. The van der Waals surface area contributed by atoms with E-state index in [0.717, 1.165) is 15.6 Å². The van der Waals surface area contributed by atoms with E-state index in [0.29, 0.717) is 17.2 Å². The average Bonchev–Trinajstić information content (AvgIpc) is 2.40. The van der Waals surface area contributed by atoms with E-state index in [4.69, 9.17) is 9.47 Å². The van der Waals surface area contributed by atoms with E-state index >= 15 is 0 Å². The Hall–Kier alpha value is -1.52. The number of ether oxygens (including phenoxy) is 2. The summed E-state index contributed by atoms with van der Waals surface area (Å²) in [7, 11) is 1.62. The number of aliphatic hydroxyl groups is 1. The topological polar surface area (TPSA) is 38.7 Å². The highest BCUT2D eigenvalue weighted by molar-refractivity contribution is 9.10. The molecule has 0 saturated heterocycles. The lowest BCUT2D eigenvalue weighted by Gasteiger charge is -2.13. The summed E-state index contributed by atoms with van der Waals surface area (Å²) >= 11 is 3.44. The Balaban J connectivity index is 2.28. The van der Waals surface area contributed by atoms with E-state index < -0.39 is 6.10 Å². The first-order valence-corrected chi connectivity index (χ1v) is 7.10. The molecule has 0 amide bonds. The molecule has 2 aromatic carbocycles. The monoisotopic (exact) mass is 336 g/mol. The first-order valence-electron chi connectivity index (χ1n) is 6.31. The van der Waals surface area contributed by atoms with Gasteiger partial charge in [-0.3, -0.25) is 0 Å². The molecule has 0 fully saturated rings. The molecule has 0 heterocycles. The second kappa shape index (κ2) is 6.29. The van der Waals surface area contributed by atoms with Crippen LogP contribution >= 0.6 is 15.9 Å². The van der Waals surface area contributed by atoms with Crippen molar-refractivity contribution in [2.45, 2.75) is 20.0 Å². The Morgan fingerprint density at radius 3 is 2.45 bits per heavy atom. The number of rotatable bonds is 4. The van der Waals surface area contributed by atoms with Crippen LogP contribution in [0.15, 0.2) is 40.9 Å². The lowest BCUT2D eigenvalue weighted by atomic mass is 10.1. The number of methoxy groups -OCH3 is 1. The molecule has 2 rings (SSSR count). The summed E-state index contributed by atoms with van der Waals surface area (Å²) in [6.45, 7) is 3.73. The van der Waals surface area contributed by atoms with E-state index in [9.17, 15) is 5.11 Å². The molecule has 0 bridgehead atoms. The van der Waals surface area contributed by atoms with Gasteiger partial charge in [-0.1, -0.05) is 28.1 Å². The molecular weight excluding hydrogens is 320 g/mol. The number of aryl methyl sites for hydroxylation is 1. The highest BCUT2D eigenvalue weighted by Crippen LogP contribution is 2.34. The van der Waals surface area contributed by atoms with E-state index in [-0.39, 0.29) is 0 Å². The van der Waals surface area contributed by atoms with E-state index in [1.54, 1.807) is 14.0 Å². The van der Waals surface area contributed by atoms with Crippen molar-refractivity contribution in [1.29, 1.82) is 0 Å². The van der Waals surface area contributed by atoms with Gasteiger partial charge >= 0.3 is 0 Å². The molecule has 0 aliphatic carbocycles. The smallest absolute Gasteiger partial charge is 0.169 e. The molecule has 3 nitrogen and oxygen atoms in total. The fourth-order valence-electron chi connectivity index (χ4n) is 1.90. The van der Waals surface area contributed by atoms with Crippen LogP contribution in [0, 0.1) is 6.92 Å². The maximum Gasteiger partial charge on any atom is 0.169 e. The van der Waals surface area contributed by atoms with E-state index in [1.807, 2.05) is 43.3 Å². The maximum atomic E-state index is 9.61. The van der Waals surface area contributed by atoms with Gasteiger partial charge in [-0.15, -0.1) is 0 Å². The van der Waals surface area contributed by atoms with Crippen molar-refractivity contribution in [3.63, 3.8) is 0 Å². The summed E-state index contributed by atoms with van der Waals surface area (Å²) in [6, 6.07) is 11.3. The van der Waals surface area contributed by atoms with Gasteiger partial charge in [0.2, 0.25) is 0 Å². The van der Waals surface area contributed by atoms with Gasteiger partial charge in [0.05, 0.1) is 13.2 Å². The highest BCUT2D eigenvalue weighted by atomic mass is 79.9. The third kappa shape index (κ3) is 3.32. The third-order valence-corrected chi connectivity index (χ3v) is 3.66. The fourth-order valence-corrected chi connectivity index (χ4v) is 2.59. The number of halogens is 1. The van der Waals surface area contributed by atoms with Crippen molar-refractivity contribution in [2.75, 3.05) is 7.11 Å². The SMILES string of the molecule is COc1cc(C)ccc1Oc1ccc([C@@H](C)O)c(Br)c1. The number of aliphatic hydroxyl groups excluding tert-OH is 1. The zero-order valence-electron chi connectivity index (χ0n) is 11.7. The van der Waals surface area contributed by atoms with Gasteiger partial charge in [-0.2, -0.15) is 0 Å². The number of benzene rings is 2. The van der Waals surface area contributed by atoms with Crippen molar-refractivity contribution in [3.8, 4) is 17.2 Å². The summed E-state index contributed by atoms with van der Waals surface area (Å²) in [4.78, 5) is 0. The minimum Gasteiger partial charge on any atom is -0.493 e. The number of hydrogen-bond acceptors (Lipinski definition) is 3. The lowest BCUT2D eigenvalue weighted by molar-refractivity contribution is 0.198. The normalized spacial score (nSPS) is 12.1. The fraction of sp³-hybridized carbons (Fsp3) is 0.250. The van der Waals surface area contributed by atoms with Crippen LogP contribution in [-0.4, -0.2) is 12.2 Å². The minimum atomic E-state index is -0.521. The van der Waals surface area contributed by atoms with Crippen molar-refractivity contribution in [1.82, 2.24) is 0 Å². The molecule has 20 heavy (non-hydrogen) atoms. The second-order valence-electron chi connectivity index (χ2n) is 4.62. The molecule has 1 N–H and O–H groups in total. The molecule has 0 saturated carbocycles. The zero-order chi connectivity index (χ0) is 14.7. The lowest BCUT2D eigenvalue weighted by Crippen LogP contribution is -1.94. The Morgan fingerprint density at radius 1 is 1.10 bits per heavy atom. The summed E-state index contributed by atoms with van der Waals surface area (Å²) < 4.78 is 12.0. The molecule has 0 radical (unpaired) electrons. The highest BCUT2D eigenvalue weighted by Gasteiger charge is 2.10. The molecule has 0 aliphatic heterocycles. The molecule has 106 valence electrons. The van der Waals surface area contributed by atoms with Crippen LogP contribution in [0.3, 0.4) is 0 Å². The Labute approximate surface area is 127 Å². The standard InChI is InChI=1S/C16H17BrO3/c1-10-4-7-15(16(8-10)19-3)20-12-5-6-13(11(2)18)14(17)9-12/h4-9,11,18H,1-3H3/t11-/m1/s1. The third-order valence-electron chi connectivity index (χ3n) is 2.97. The quantitative estimate of drug-likeness (QED) is 0.885. The van der Waals surface area contributed by atoms with E-state index in [2.05, 4.69) is 15.9 Å². The van der Waals surface area contributed by atoms with Gasteiger partial charge < -0.3 is 14.6 Å². The molecule has 0 spiro atoms. The predicted molar refractivity (Wildman–Crippen MR) is 82.6 cm³/mol. The molecule has 0 unspecified atom stereocenters. The van der Waals surface area contributed by atoms with Crippen LogP contribution in [0.5, 0.6) is 17.2 Å². The molecule has 0 aliphatic rings. The van der Waals surface area contributed by atoms with Gasteiger partial charge in [0, 0.05) is 4.47 Å². The van der Waals surface area contributed by atoms with Crippen molar-refractivity contribution in [2.24, 2.45) is 0 Å². The summed E-state index contributed by atoms with van der Waals surface area (Å²) in [6.07, 6.45) is -0.521. The van der Waals surface area contributed by atoms with Crippen molar-refractivity contribution >= 4 is 15.9 Å². The summed E-state index contributed by atoms with van der Waals surface area (Å²) in [5.41, 5.74) is 1.94. The van der Waals surface area contributed by atoms with Crippen LogP contribution in [0.4, 0.5) is 0 Å². The van der Waals surface area contributed by atoms with Gasteiger partial charge in [0.1, 0.15) is 5.75 Å². The van der Waals surface area contributed by atoms with Crippen LogP contribution in [0.2, 0.25) is 0 Å². The first-order chi connectivity index (χ1) is 9.51. The van der Waals surface area contributed by atoms with Gasteiger partial charge in [0.25, 0.3) is 0 Å². The zero-order valence-corrected chi connectivity index (χ0v) is 13.3. The first kappa shape index (κ1) is 14.9. The average molecular weight is 337 g/mol. The molecule has 1 atom stereocenters. The van der Waals surface area contributed by atoms with Crippen LogP contribution in [-0.2, 0) is 0 Å². The number of hydrogen-bond donors (Lipinski definition) is 1. The largest absolute Gasteiger partial charge is 0.493 e. The van der Waals surface area contributed by atoms with Gasteiger partial charge in [-0.05, 0) is 49.2 Å². The van der Waals surface area contributed by atoms with Crippen LogP contribution in [0.1, 0.15) is 24.2 Å². The van der Waals surface area contributed by atoms with Crippen LogP contribution in [0.25, 0.3) is 0 Å². The summed E-state index contributed by atoms with van der Waals surface area (Å²) in [5.74, 6) is 2.04. The van der Waals surface area contributed by atoms with Crippen molar-refractivity contribution in [3.05, 3.63) is 52.0 Å². The Kier molecular flexibility index (Phi) is 4.68. The van der Waals surface area contributed by atoms with Gasteiger partial charge in [0.15, 0.2) is 11.5 Å². The Bertz CT molecular complexity index is 609. The summed E-state index contributed by atoms with van der Waals surface area (Å²) in [5, 5.41) is 9.61. The van der Waals surface area contributed by atoms with Crippen LogP contribution < -0.4 is 9.47 Å². The van der Waals surface area contributed by atoms with E-state index in [1.165, 1.54) is 0 Å². The Morgan fingerprint density at radius 2 is 1.85 bits per heavy atom. The molecular formula is C16H17BrO3. The predicted octanol–water partition coefficient (Wildman–Crippen LogP) is 4.61.